The Labute approximate surface area is 113 Å². The van der Waals surface area contributed by atoms with Crippen molar-refractivity contribution in [3.05, 3.63) is 0 Å². The third-order valence-electron chi connectivity index (χ3n) is 3.74. The van der Waals surface area contributed by atoms with E-state index in [9.17, 15) is 13.0 Å². The summed E-state index contributed by atoms with van der Waals surface area (Å²) in [6, 6.07) is 0. The van der Waals surface area contributed by atoms with Gasteiger partial charge in [0.25, 0.3) is 10.1 Å². The molecule has 0 rings (SSSR count). The highest BCUT2D eigenvalue weighted by molar-refractivity contribution is 7.86. The largest absolute Gasteiger partial charge is 0.285 e. The summed E-state index contributed by atoms with van der Waals surface area (Å²) in [5.74, 6) is 0.114. The van der Waals surface area contributed by atoms with Crippen LogP contribution in [0.3, 0.4) is 0 Å². The van der Waals surface area contributed by atoms with Crippen LogP contribution in [0.1, 0.15) is 78.6 Å². The SMILES string of the molecule is CCCCCCC(CCCCC)C(C)S(=O)(=O)O. The van der Waals surface area contributed by atoms with E-state index in [0.717, 1.165) is 38.5 Å². The highest BCUT2D eigenvalue weighted by Gasteiger charge is 2.26. The second kappa shape index (κ2) is 9.79. The molecule has 3 nitrogen and oxygen atoms in total. The molecule has 0 spiro atoms. The van der Waals surface area contributed by atoms with Gasteiger partial charge in [0.05, 0.1) is 5.25 Å². The zero-order valence-electron chi connectivity index (χ0n) is 12.2. The van der Waals surface area contributed by atoms with Crippen molar-refractivity contribution in [2.75, 3.05) is 0 Å². The molecule has 110 valence electrons. The van der Waals surface area contributed by atoms with Gasteiger partial charge in [0.1, 0.15) is 0 Å². The summed E-state index contributed by atoms with van der Waals surface area (Å²) in [5, 5.41) is -0.615. The van der Waals surface area contributed by atoms with Gasteiger partial charge in [0.15, 0.2) is 0 Å². The van der Waals surface area contributed by atoms with E-state index >= 15 is 0 Å². The lowest BCUT2D eigenvalue weighted by Gasteiger charge is -2.21. The van der Waals surface area contributed by atoms with Crippen molar-refractivity contribution < 1.29 is 13.0 Å². The van der Waals surface area contributed by atoms with Crippen LogP contribution < -0.4 is 0 Å². The Kier molecular flexibility index (Phi) is 9.74. The minimum atomic E-state index is -3.88. The fraction of sp³-hybridized carbons (Fsp3) is 1.00. The molecular formula is C14H30O3S. The molecule has 0 aromatic rings. The predicted octanol–water partition coefficient (Wildman–Crippen LogP) is 4.43. The molecule has 1 N–H and O–H groups in total. The molecule has 0 aliphatic heterocycles. The second-order valence-corrected chi connectivity index (χ2v) is 7.10. The average molecular weight is 278 g/mol. The summed E-state index contributed by atoms with van der Waals surface area (Å²) < 4.78 is 31.7. The molecule has 0 aliphatic carbocycles. The highest BCUT2D eigenvalue weighted by Crippen LogP contribution is 2.25. The van der Waals surface area contributed by atoms with Crippen molar-refractivity contribution in [1.82, 2.24) is 0 Å². The first-order chi connectivity index (χ1) is 8.43. The maximum atomic E-state index is 11.2. The molecule has 2 unspecified atom stereocenters. The number of rotatable bonds is 11. The number of hydrogen-bond donors (Lipinski definition) is 1. The van der Waals surface area contributed by atoms with Crippen molar-refractivity contribution in [1.29, 1.82) is 0 Å². The molecule has 0 amide bonds. The van der Waals surface area contributed by atoms with E-state index in [-0.39, 0.29) is 5.92 Å². The van der Waals surface area contributed by atoms with E-state index in [4.69, 9.17) is 0 Å². The van der Waals surface area contributed by atoms with Gasteiger partial charge in [-0.3, -0.25) is 4.55 Å². The predicted molar refractivity (Wildman–Crippen MR) is 77.4 cm³/mol. The van der Waals surface area contributed by atoms with Gasteiger partial charge in [-0.25, -0.2) is 0 Å². The number of unbranched alkanes of at least 4 members (excludes halogenated alkanes) is 5. The summed E-state index contributed by atoms with van der Waals surface area (Å²) in [7, 11) is -3.88. The lowest BCUT2D eigenvalue weighted by Crippen LogP contribution is -2.26. The Morgan fingerprint density at radius 3 is 1.78 bits per heavy atom. The monoisotopic (exact) mass is 278 g/mol. The van der Waals surface area contributed by atoms with E-state index in [0.29, 0.717) is 0 Å². The van der Waals surface area contributed by atoms with Gasteiger partial charge in [-0.15, -0.1) is 0 Å². The highest BCUT2D eigenvalue weighted by atomic mass is 32.2. The van der Waals surface area contributed by atoms with E-state index in [1.165, 1.54) is 19.3 Å². The van der Waals surface area contributed by atoms with Gasteiger partial charge in [-0.1, -0.05) is 58.8 Å². The molecule has 0 saturated heterocycles. The van der Waals surface area contributed by atoms with Crippen molar-refractivity contribution in [3.8, 4) is 0 Å². The van der Waals surface area contributed by atoms with E-state index < -0.39 is 15.4 Å². The summed E-state index contributed by atoms with van der Waals surface area (Å²) in [6.07, 6.45) is 9.83. The summed E-state index contributed by atoms with van der Waals surface area (Å²) in [6.45, 7) is 5.95. The molecule has 0 aromatic carbocycles. The first kappa shape index (κ1) is 17.9. The Morgan fingerprint density at radius 2 is 1.33 bits per heavy atom. The van der Waals surface area contributed by atoms with Gasteiger partial charge < -0.3 is 0 Å². The van der Waals surface area contributed by atoms with Crippen LogP contribution in [0.25, 0.3) is 0 Å². The summed E-state index contributed by atoms with van der Waals surface area (Å²) >= 11 is 0. The minimum absolute atomic E-state index is 0.114. The minimum Gasteiger partial charge on any atom is -0.285 e. The van der Waals surface area contributed by atoms with Crippen LogP contribution >= 0.6 is 0 Å². The molecule has 4 heteroatoms. The quantitative estimate of drug-likeness (QED) is 0.449. The van der Waals surface area contributed by atoms with Crippen LogP contribution in [-0.2, 0) is 10.1 Å². The van der Waals surface area contributed by atoms with Crippen LogP contribution in [0.5, 0.6) is 0 Å². The molecule has 0 radical (unpaired) electrons. The van der Waals surface area contributed by atoms with Crippen LogP contribution in [0, 0.1) is 5.92 Å². The standard InChI is InChI=1S/C14H30O3S/c1-4-6-8-10-12-14(11-9-7-5-2)13(3)18(15,16)17/h13-14H,4-12H2,1-3H3,(H,15,16,17). The second-order valence-electron chi connectivity index (χ2n) is 5.33. The Hall–Kier alpha value is -0.0900. The molecule has 0 heterocycles. The number of hydrogen-bond acceptors (Lipinski definition) is 2. The zero-order chi connectivity index (χ0) is 14.0. The van der Waals surface area contributed by atoms with Crippen molar-refractivity contribution in [3.63, 3.8) is 0 Å². The van der Waals surface area contributed by atoms with Gasteiger partial charge in [-0.05, 0) is 25.7 Å². The molecular weight excluding hydrogens is 248 g/mol. The van der Waals surface area contributed by atoms with E-state index in [2.05, 4.69) is 13.8 Å². The first-order valence-electron chi connectivity index (χ1n) is 7.39. The fourth-order valence-corrected chi connectivity index (χ4v) is 3.11. The Bertz CT molecular complexity index is 285. The van der Waals surface area contributed by atoms with Gasteiger partial charge in [0, 0.05) is 0 Å². The van der Waals surface area contributed by atoms with Crippen LogP contribution in [0.2, 0.25) is 0 Å². The van der Waals surface area contributed by atoms with Gasteiger partial charge >= 0.3 is 0 Å². The zero-order valence-corrected chi connectivity index (χ0v) is 13.0. The molecule has 0 saturated carbocycles. The van der Waals surface area contributed by atoms with Gasteiger partial charge in [-0.2, -0.15) is 8.42 Å². The normalized spacial score (nSPS) is 15.6. The lowest BCUT2D eigenvalue weighted by molar-refractivity contribution is 0.372. The summed E-state index contributed by atoms with van der Waals surface area (Å²) in [5.41, 5.74) is 0. The van der Waals surface area contributed by atoms with E-state index in [1.807, 2.05) is 0 Å². The fourth-order valence-electron chi connectivity index (χ4n) is 2.35. The molecule has 0 aliphatic rings. The molecule has 18 heavy (non-hydrogen) atoms. The topological polar surface area (TPSA) is 54.4 Å². The van der Waals surface area contributed by atoms with Gasteiger partial charge in [0.2, 0.25) is 0 Å². The smallest absolute Gasteiger partial charge is 0.267 e. The Morgan fingerprint density at radius 1 is 0.889 bits per heavy atom. The van der Waals surface area contributed by atoms with Crippen molar-refractivity contribution in [2.45, 2.75) is 83.8 Å². The van der Waals surface area contributed by atoms with Crippen molar-refractivity contribution >= 4 is 10.1 Å². The maximum absolute atomic E-state index is 11.2. The first-order valence-corrected chi connectivity index (χ1v) is 8.90. The lowest BCUT2D eigenvalue weighted by atomic mass is 9.92. The van der Waals surface area contributed by atoms with Crippen LogP contribution in [-0.4, -0.2) is 18.2 Å². The summed E-state index contributed by atoms with van der Waals surface area (Å²) in [4.78, 5) is 0. The maximum Gasteiger partial charge on any atom is 0.267 e. The third-order valence-corrected chi connectivity index (χ3v) is 5.07. The van der Waals surface area contributed by atoms with Crippen LogP contribution in [0.4, 0.5) is 0 Å². The molecule has 2 atom stereocenters. The van der Waals surface area contributed by atoms with Crippen molar-refractivity contribution in [2.24, 2.45) is 5.92 Å². The molecule has 0 fully saturated rings. The van der Waals surface area contributed by atoms with Crippen LogP contribution in [0.15, 0.2) is 0 Å². The Balaban J connectivity index is 4.24. The molecule has 0 aromatic heterocycles. The molecule has 0 bridgehead atoms. The third kappa shape index (κ3) is 8.09. The average Bonchev–Trinajstić information content (AvgIpc) is 2.30. The van der Waals surface area contributed by atoms with E-state index in [1.54, 1.807) is 6.92 Å².